The molecule has 0 saturated carbocycles. The number of likely N-dealkylation sites (N-methyl/N-ethyl adjacent to an activating group) is 1. The molecule has 198 valence electrons. The minimum atomic E-state index is -0.835. The van der Waals surface area contributed by atoms with Crippen molar-refractivity contribution in [2.24, 2.45) is 0 Å². The Labute approximate surface area is 218 Å². The molecule has 0 aliphatic carbocycles. The number of aryl methyl sites for hydroxylation is 1. The van der Waals surface area contributed by atoms with Crippen molar-refractivity contribution in [1.29, 1.82) is 0 Å². The van der Waals surface area contributed by atoms with Gasteiger partial charge in [0, 0.05) is 25.6 Å². The number of ketones is 1. The van der Waals surface area contributed by atoms with Crippen molar-refractivity contribution in [2.45, 2.75) is 53.7 Å². The van der Waals surface area contributed by atoms with E-state index >= 15 is 0 Å². The van der Waals surface area contributed by atoms with Crippen LogP contribution in [0.25, 0.3) is 5.76 Å². The number of rotatable bonds is 10. The van der Waals surface area contributed by atoms with Crippen LogP contribution in [0, 0.1) is 6.92 Å². The number of nitrogens with zero attached hydrogens (tertiary/aromatic N) is 2. The van der Waals surface area contributed by atoms with Crippen molar-refractivity contribution in [3.05, 3.63) is 64.7 Å². The molecular weight excluding hydrogens is 472 g/mol. The molecule has 1 aliphatic rings. The van der Waals surface area contributed by atoms with Crippen molar-refractivity contribution in [3.8, 4) is 11.5 Å². The van der Waals surface area contributed by atoms with E-state index in [1.807, 2.05) is 34.6 Å². The van der Waals surface area contributed by atoms with Gasteiger partial charge in [0.25, 0.3) is 11.7 Å². The largest absolute Gasteiger partial charge is 0.507 e. The number of Topliss-reactive ketones (excluding diaryl/α,β-unsaturated/α-hetero) is 1. The van der Waals surface area contributed by atoms with Gasteiger partial charge in [0.05, 0.1) is 17.7 Å². The number of aliphatic hydroxyl groups is 1. The number of amides is 1. The monoisotopic (exact) mass is 508 g/mol. The van der Waals surface area contributed by atoms with E-state index in [1.54, 1.807) is 42.5 Å². The summed E-state index contributed by atoms with van der Waals surface area (Å²) in [7, 11) is 0. The van der Waals surface area contributed by atoms with Gasteiger partial charge in [-0.05, 0) is 75.3 Å². The van der Waals surface area contributed by atoms with E-state index in [-0.39, 0.29) is 17.4 Å². The summed E-state index contributed by atoms with van der Waals surface area (Å²) < 4.78 is 11.0. The van der Waals surface area contributed by atoms with Gasteiger partial charge in [0.15, 0.2) is 0 Å². The fourth-order valence-corrected chi connectivity index (χ4v) is 4.50. The van der Waals surface area contributed by atoms with Crippen molar-refractivity contribution in [2.75, 3.05) is 26.2 Å². The van der Waals surface area contributed by atoms with Crippen LogP contribution in [0.4, 0.5) is 0 Å². The van der Waals surface area contributed by atoms with Crippen molar-refractivity contribution >= 4 is 23.4 Å². The summed E-state index contributed by atoms with van der Waals surface area (Å²) in [5, 5.41) is 11.4. The second-order valence-electron chi connectivity index (χ2n) is 9.33. The summed E-state index contributed by atoms with van der Waals surface area (Å²) in [6, 6.07) is 11.0. The Bertz CT molecular complexity index is 1200. The predicted molar refractivity (Wildman–Crippen MR) is 141 cm³/mol. The van der Waals surface area contributed by atoms with E-state index < -0.39 is 23.7 Å². The highest BCUT2D eigenvalue weighted by molar-refractivity contribution is 6.46. The Morgan fingerprint density at radius 1 is 1.11 bits per heavy atom. The molecule has 1 aliphatic heterocycles. The van der Waals surface area contributed by atoms with Crippen LogP contribution in [0.2, 0.25) is 0 Å². The number of hydrogen-bond acceptors (Lipinski definition) is 7. The van der Waals surface area contributed by atoms with Crippen LogP contribution in [0.15, 0.2) is 48.0 Å². The maximum absolute atomic E-state index is 13.3. The average molecular weight is 509 g/mol. The van der Waals surface area contributed by atoms with Crippen LogP contribution < -0.4 is 9.47 Å². The van der Waals surface area contributed by atoms with Gasteiger partial charge in [-0.3, -0.25) is 14.4 Å². The topological polar surface area (TPSA) is 96.4 Å². The van der Waals surface area contributed by atoms with E-state index in [2.05, 4.69) is 4.90 Å². The summed E-state index contributed by atoms with van der Waals surface area (Å²) in [6.07, 6.45) is -0.0150. The Balaban J connectivity index is 2.12. The number of benzene rings is 2. The zero-order chi connectivity index (χ0) is 27.3. The highest BCUT2D eigenvalue weighted by Gasteiger charge is 2.46. The Morgan fingerprint density at radius 3 is 2.41 bits per heavy atom. The van der Waals surface area contributed by atoms with Crippen molar-refractivity contribution in [1.82, 2.24) is 9.80 Å². The summed E-state index contributed by atoms with van der Waals surface area (Å²) in [6.45, 7) is 13.6. The number of carbonyl (C=O) groups is 3. The first-order valence-electron chi connectivity index (χ1n) is 12.6. The third-order valence-corrected chi connectivity index (χ3v) is 6.34. The number of hydrogen-bond donors (Lipinski definition) is 1. The third kappa shape index (κ3) is 6.38. The van der Waals surface area contributed by atoms with Crippen LogP contribution in [-0.4, -0.2) is 64.8 Å². The van der Waals surface area contributed by atoms with Crippen molar-refractivity contribution in [3.63, 3.8) is 0 Å². The minimum absolute atomic E-state index is 0.00134. The highest BCUT2D eigenvalue weighted by atomic mass is 16.5. The molecule has 37 heavy (non-hydrogen) atoms. The summed E-state index contributed by atoms with van der Waals surface area (Å²) in [4.78, 5) is 41.7. The molecule has 1 atom stereocenters. The van der Waals surface area contributed by atoms with E-state index in [9.17, 15) is 19.5 Å². The number of likely N-dealkylation sites (tertiary alicyclic amines) is 1. The predicted octanol–water partition coefficient (Wildman–Crippen LogP) is 4.47. The third-order valence-electron chi connectivity index (χ3n) is 6.34. The lowest BCUT2D eigenvalue weighted by molar-refractivity contribution is -0.140. The normalized spacial score (nSPS) is 17.1. The Morgan fingerprint density at radius 2 is 1.81 bits per heavy atom. The molecule has 1 fully saturated rings. The first-order valence-corrected chi connectivity index (χ1v) is 12.6. The van der Waals surface area contributed by atoms with Gasteiger partial charge in [0.2, 0.25) is 0 Å². The average Bonchev–Trinajstić information content (AvgIpc) is 3.10. The molecule has 1 saturated heterocycles. The smallest absolute Gasteiger partial charge is 0.308 e. The van der Waals surface area contributed by atoms with E-state index in [0.717, 1.165) is 18.7 Å². The molecule has 1 unspecified atom stereocenters. The summed E-state index contributed by atoms with van der Waals surface area (Å²) >= 11 is 0. The lowest BCUT2D eigenvalue weighted by atomic mass is 9.94. The van der Waals surface area contributed by atoms with Crippen LogP contribution in [0.1, 0.15) is 57.4 Å². The molecule has 2 aromatic carbocycles. The molecule has 1 N–H and O–H groups in total. The molecule has 1 heterocycles. The van der Waals surface area contributed by atoms with Gasteiger partial charge >= 0.3 is 5.97 Å². The van der Waals surface area contributed by atoms with Crippen LogP contribution in [0.5, 0.6) is 11.5 Å². The molecule has 0 bridgehead atoms. The number of aliphatic hydroxyl groups excluding tert-OH is 1. The molecule has 0 spiro atoms. The molecular formula is C29H36N2O6. The number of ether oxygens (including phenoxy) is 2. The van der Waals surface area contributed by atoms with Crippen LogP contribution in [0.3, 0.4) is 0 Å². The molecule has 3 rings (SSSR count). The van der Waals surface area contributed by atoms with Gasteiger partial charge in [0.1, 0.15) is 17.3 Å². The maximum atomic E-state index is 13.3. The Hall–Kier alpha value is -3.65. The van der Waals surface area contributed by atoms with E-state index in [1.165, 1.54) is 11.8 Å². The lowest BCUT2D eigenvalue weighted by Gasteiger charge is -2.28. The Kier molecular flexibility index (Phi) is 9.10. The molecule has 8 heteroatoms. The second-order valence-corrected chi connectivity index (χ2v) is 9.33. The lowest BCUT2D eigenvalue weighted by Crippen LogP contribution is -2.38. The van der Waals surface area contributed by atoms with Gasteiger partial charge < -0.3 is 24.4 Å². The fourth-order valence-electron chi connectivity index (χ4n) is 4.50. The fraction of sp³-hybridized carbons (Fsp3) is 0.414. The van der Waals surface area contributed by atoms with Crippen molar-refractivity contribution < 1.29 is 29.0 Å². The SMILES string of the molecule is CCN(CC)CCN1C(=O)C(=O)/C(=C(/O)c2ccc(OC(C)C)c(C)c2)C1c1cccc(OC(C)=O)c1. The molecule has 0 aromatic heterocycles. The number of carbonyl (C=O) groups excluding carboxylic acids is 3. The molecule has 1 amide bonds. The second kappa shape index (κ2) is 12.1. The first-order chi connectivity index (χ1) is 17.6. The molecule has 2 aromatic rings. The zero-order valence-electron chi connectivity index (χ0n) is 22.4. The minimum Gasteiger partial charge on any atom is -0.507 e. The van der Waals surface area contributed by atoms with Gasteiger partial charge in [-0.15, -0.1) is 0 Å². The van der Waals surface area contributed by atoms with Gasteiger partial charge in [-0.2, -0.15) is 0 Å². The van der Waals surface area contributed by atoms with Crippen LogP contribution >= 0.6 is 0 Å². The first kappa shape index (κ1) is 27.9. The maximum Gasteiger partial charge on any atom is 0.308 e. The molecule has 8 nitrogen and oxygen atoms in total. The van der Waals surface area contributed by atoms with E-state index in [4.69, 9.17) is 9.47 Å². The standard InChI is InChI=1S/C29H36N2O6/c1-7-30(8-2)14-15-31-26(21-10-9-11-23(17-21)37-20(6)32)25(28(34)29(31)35)27(33)22-12-13-24(19(5)16-22)36-18(3)4/h9-13,16-18,26,33H,7-8,14-15H2,1-6H3/b27-25+. The van der Waals surface area contributed by atoms with E-state index in [0.29, 0.717) is 35.7 Å². The van der Waals surface area contributed by atoms with Crippen LogP contribution in [-0.2, 0) is 14.4 Å². The molecule has 0 radical (unpaired) electrons. The summed E-state index contributed by atoms with van der Waals surface area (Å²) in [5.41, 5.74) is 1.77. The summed E-state index contributed by atoms with van der Waals surface area (Å²) in [5.74, 6) is -1.19. The van der Waals surface area contributed by atoms with Gasteiger partial charge in [-0.25, -0.2) is 0 Å². The van der Waals surface area contributed by atoms with Gasteiger partial charge in [-0.1, -0.05) is 26.0 Å². The quantitative estimate of drug-likeness (QED) is 0.166. The number of esters is 1. The highest BCUT2D eigenvalue weighted by Crippen LogP contribution is 2.40. The zero-order valence-corrected chi connectivity index (χ0v) is 22.4.